The number of hydrogen-bond donors (Lipinski definition) is 1. The van der Waals surface area contributed by atoms with Crippen LogP contribution < -0.4 is 5.56 Å². The Kier molecular flexibility index (Phi) is 3.17. The first kappa shape index (κ1) is 12.4. The van der Waals surface area contributed by atoms with Crippen LogP contribution in [0.25, 0.3) is 10.9 Å². The van der Waals surface area contributed by atoms with Gasteiger partial charge in [0, 0.05) is 11.7 Å². The standard InChI is InChI=1S/C17H14N2O/c1-12-6-8-15(9-7-12)18-11-14-10-13-4-2-3-5-16(13)19-17(14)20/h2-11H,1H3,(H,19,20). The van der Waals surface area contributed by atoms with Crippen LogP contribution in [0.5, 0.6) is 0 Å². The van der Waals surface area contributed by atoms with Gasteiger partial charge in [-0.15, -0.1) is 0 Å². The molecule has 0 spiro atoms. The summed E-state index contributed by atoms with van der Waals surface area (Å²) < 4.78 is 0. The summed E-state index contributed by atoms with van der Waals surface area (Å²) in [5.74, 6) is 0. The van der Waals surface area contributed by atoms with Crippen LogP contribution in [-0.4, -0.2) is 11.2 Å². The van der Waals surface area contributed by atoms with E-state index in [-0.39, 0.29) is 5.56 Å². The molecule has 0 aliphatic carbocycles. The molecule has 0 bridgehead atoms. The molecule has 0 unspecified atom stereocenters. The van der Waals surface area contributed by atoms with Crippen LogP contribution in [-0.2, 0) is 0 Å². The van der Waals surface area contributed by atoms with Crippen LogP contribution >= 0.6 is 0 Å². The summed E-state index contributed by atoms with van der Waals surface area (Å²) >= 11 is 0. The molecule has 3 nitrogen and oxygen atoms in total. The fourth-order valence-electron chi connectivity index (χ4n) is 2.04. The predicted octanol–water partition coefficient (Wildman–Crippen LogP) is 3.59. The Balaban J connectivity index is 2.00. The molecule has 0 radical (unpaired) electrons. The minimum Gasteiger partial charge on any atom is -0.321 e. The lowest BCUT2D eigenvalue weighted by Crippen LogP contribution is -2.11. The van der Waals surface area contributed by atoms with E-state index in [9.17, 15) is 4.79 Å². The van der Waals surface area contributed by atoms with Crippen LogP contribution in [0.1, 0.15) is 11.1 Å². The number of nitrogens with one attached hydrogen (secondary N) is 1. The number of benzene rings is 2. The number of rotatable bonds is 2. The van der Waals surface area contributed by atoms with Crippen molar-refractivity contribution in [3.63, 3.8) is 0 Å². The molecule has 1 N–H and O–H groups in total. The molecule has 3 aromatic rings. The highest BCUT2D eigenvalue weighted by atomic mass is 16.1. The molecule has 20 heavy (non-hydrogen) atoms. The second kappa shape index (κ2) is 5.13. The maximum Gasteiger partial charge on any atom is 0.257 e. The number of aryl methyl sites for hydroxylation is 1. The number of fused-ring (bicyclic) bond motifs is 1. The van der Waals surface area contributed by atoms with Gasteiger partial charge in [0.05, 0.1) is 11.3 Å². The van der Waals surface area contributed by atoms with Crippen LogP contribution in [0.15, 0.2) is 64.4 Å². The van der Waals surface area contributed by atoms with E-state index >= 15 is 0 Å². The Morgan fingerprint density at radius 1 is 1.05 bits per heavy atom. The molecular weight excluding hydrogens is 248 g/mol. The molecule has 1 heterocycles. The first-order valence-electron chi connectivity index (χ1n) is 6.45. The van der Waals surface area contributed by atoms with Crippen molar-refractivity contribution < 1.29 is 0 Å². The van der Waals surface area contributed by atoms with E-state index in [0.717, 1.165) is 16.6 Å². The molecule has 3 rings (SSSR count). The minimum atomic E-state index is -0.125. The number of aromatic nitrogens is 1. The molecule has 98 valence electrons. The number of nitrogens with zero attached hydrogens (tertiary/aromatic N) is 1. The summed E-state index contributed by atoms with van der Waals surface area (Å²) in [6.07, 6.45) is 1.61. The molecule has 0 saturated heterocycles. The number of para-hydroxylation sites is 1. The van der Waals surface area contributed by atoms with Crippen molar-refractivity contribution in [2.24, 2.45) is 4.99 Å². The Morgan fingerprint density at radius 3 is 2.60 bits per heavy atom. The molecule has 0 aliphatic rings. The van der Waals surface area contributed by atoms with Crippen LogP contribution in [0.4, 0.5) is 5.69 Å². The summed E-state index contributed by atoms with van der Waals surface area (Å²) in [6.45, 7) is 2.03. The van der Waals surface area contributed by atoms with Crippen molar-refractivity contribution in [1.29, 1.82) is 0 Å². The average molecular weight is 262 g/mol. The van der Waals surface area contributed by atoms with E-state index < -0.39 is 0 Å². The van der Waals surface area contributed by atoms with Gasteiger partial charge in [-0.05, 0) is 36.6 Å². The lowest BCUT2D eigenvalue weighted by Gasteiger charge is -1.99. The number of H-pyrrole nitrogens is 1. The maximum atomic E-state index is 12.0. The topological polar surface area (TPSA) is 45.2 Å². The lowest BCUT2D eigenvalue weighted by molar-refractivity contribution is 1.29. The van der Waals surface area contributed by atoms with Gasteiger partial charge in [0.2, 0.25) is 0 Å². The summed E-state index contributed by atoms with van der Waals surface area (Å²) in [5.41, 5.74) is 3.30. The average Bonchev–Trinajstić information content (AvgIpc) is 2.47. The molecule has 0 saturated carbocycles. The second-order valence-electron chi connectivity index (χ2n) is 4.73. The van der Waals surface area contributed by atoms with E-state index in [1.807, 2.05) is 61.5 Å². The predicted molar refractivity (Wildman–Crippen MR) is 83.0 cm³/mol. The number of aliphatic imine (C=N–C) groups is 1. The van der Waals surface area contributed by atoms with E-state index in [4.69, 9.17) is 0 Å². The normalized spacial score (nSPS) is 11.2. The first-order valence-corrected chi connectivity index (χ1v) is 6.45. The molecule has 3 heteroatoms. The quantitative estimate of drug-likeness (QED) is 0.705. The van der Waals surface area contributed by atoms with Crippen molar-refractivity contribution in [1.82, 2.24) is 4.98 Å². The molecule has 2 aromatic carbocycles. The van der Waals surface area contributed by atoms with Gasteiger partial charge in [0.25, 0.3) is 5.56 Å². The van der Waals surface area contributed by atoms with Crippen molar-refractivity contribution in [2.75, 3.05) is 0 Å². The smallest absolute Gasteiger partial charge is 0.257 e. The van der Waals surface area contributed by atoms with E-state index in [2.05, 4.69) is 9.98 Å². The minimum absolute atomic E-state index is 0.125. The van der Waals surface area contributed by atoms with Gasteiger partial charge < -0.3 is 4.98 Å². The van der Waals surface area contributed by atoms with Gasteiger partial charge in [-0.1, -0.05) is 35.9 Å². The van der Waals surface area contributed by atoms with Crippen molar-refractivity contribution >= 4 is 22.8 Å². The molecule has 0 atom stereocenters. The van der Waals surface area contributed by atoms with Crippen molar-refractivity contribution in [3.8, 4) is 0 Å². The summed E-state index contributed by atoms with van der Waals surface area (Å²) in [7, 11) is 0. The van der Waals surface area contributed by atoms with E-state index in [1.165, 1.54) is 5.56 Å². The van der Waals surface area contributed by atoms with E-state index in [1.54, 1.807) is 6.21 Å². The summed E-state index contributed by atoms with van der Waals surface area (Å²) in [6, 6.07) is 17.4. The van der Waals surface area contributed by atoms with Gasteiger partial charge >= 0.3 is 0 Å². The molecule has 0 aliphatic heterocycles. The monoisotopic (exact) mass is 262 g/mol. The highest BCUT2D eigenvalue weighted by molar-refractivity contribution is 5.88. The highest BCUT2D eigenvalue weighted by Crippen LogP contribution is 2.13. The van der Waals surface area contributed by atoms with Gasteiger partial charge in [0.1, 0.15) is 0 Å². The fraction of sp³-hybridized carbons (Fsp3) is 0.0588. The lowest BCUT2D eigenvalue weighted by atomic mass is 10.1. The third kappa shape index (κ3) is 2.52. The van der Waals surface area contributed by atoms with Crippen molar-refractivity contribution in [2.45, 2.75) is 6.92 Å². The SMILES string of the molecule is Cc1ccc(N=Cc2cc3ccccc3[nH]c2=O)cc1. The molecular formula is C17H14N2O. The molecule has 0 fully saturated rings. The van der Waals surface area contributed by atoms with Gasteiger partial charge in [-0.25, -0.2) is 0 Å². The second-order valence-corrected chi connectivity index (χ2v) is 4.73. The summed E-state index contributed by atoms with van der Waals surface area (Å²) in [5, 5.41) is 0.998. The van der Waals surface area contributed by atoms with Crippen LogP contribution in [0.2, 0.25) is 0 Å². The number of pyridine rings is 1. The van der Waals surface area contributed by atoms with Crippen molar-refractivity contribution in [3.05, 3.63) is 76.1 Å². The van der Waals surface area contributed by atoms with Gasteiger partial charge in [-0.2, -0.15) is 0 Å². The first-order chi connectivity index (χ1) is 9.72. The zero-order valence-corrected chi connectivity index (χ0v) is 11.1. The van der Waals surface area contributed by atoms with Crippen LogP contribution in [0, 0.1) is 6.92 Å². The fourth-order valence-corrected chi connectivity index (χ4v) is 2.04. The van der Waals surface area contributed by atoms with Crippen LogP contribution in [0.3, 0.4) is 0 Å². The highest BCUT2D eigenvalue weighted by Gasteiger charge is 1.99. The Morgan fingerprint density at radius 2 is 1.80 bits per heavy atom. The largest absolute Gasteiger partial charge is 0.321 e. The Bertz CT molecular complexity index is 829. The molecule has 0 amide bonds. The van der Waals surface area contributed by atoms with Gasteiger partial charge in [-0.3, -0.25) is 9.79 Å². The summed E-state index contributed by atoms with van der Waals surface area (Å²) in [4.78, 5) is 19.2. The third-order valence-corrected chi connectivity index (χ3v) is 3.17. The zero-order chi connectivity index (χ0) is 13.9. The maximum absolute atomic E-state index is 12.0. The number of hydrogen-bond acceptors (Lipinski definition) is 2. The Hall–Kier alpha value is -2.68. The third-order valence-electron chi connectivity index (χ3n) is 3.17. The number of aromatic amines is 1. The van der Waals surface area contributed by atoms with E-state index in [0.29, 0.717) is 5.56 Å². The molecule has 1 aromatic heterocycles. The zero-order valence-electron chi connectivity index (χ0n) is 11.1. The Labute approximate surface area is 116 Å². The van der Waals surface area contributed by atoms with Gasteiger partial charge in [0.15, 0.2) is 0 Å².